The standard InChI is InChI=1S/C25H39FN4O3/c1-24(2,3)33-23(32)30-14-11-25(12-15-30,22(27)31)10-4-5-13-28-16-18-29(19-17-28)21-8-6-20(26)7-9-21/h6-9H,4-5,10-19H2,1-3H3,(H2,27,31). The number of piperidine rings is 1. The molecule has 0 unspecified atom stereocenters. The van der Waals surface area contributed by atoms with Gasteiger partial charge in [-0.05, 0) is 77.3 Å². The molecule has 7 nitrogen and oxygen atoms in total. The zero-order chi connectivity index (χ0) is 24.1. The Morgan fingerprint density at radius 2 is 1.61 bits per heavy atom. The molecule has 0 radical (unpaired) electrons. The SMILES string of the molecule is CC(C)(C)OC(=O)N1CCC(CCCCN2CCN(c3ccc(F)cc3)CC2)(C(N)=O)CC1. The Bertz CT molecular complexity index is 793. The molecule has 0 bridgehead atoms. The molecule has 1 aromatic rings. The van der Waals surface area contributed by atoms with Gasteiger partial charge in [-0.25, -0.2) is 9.18 Å². The van der Waals surface area contributed by atoms with Crippen molar-refractivity contribution in [3.8, 4) is 0 Å². The van der Waals surface area contributed by atoms with E-state index in [1.54, 1.807) is 4.90 Å². The molecule has 2 amide bonds. The third-order valence-electron chi connectivity index (χ3n) is 6.84. The number of rotatable bonds is 7. The summed E-state index contributed by atoms with van der Waals surface area (Å²) in [6.45, 7) is 11.4. The fourth-order valence-electron chi connectivity index (χ4n) is 4.74. The number of carbonyl (C=O) groups is 2. The molecule has 2 N–H and O–H groups in total. The molecule has 2 aliphatic rings. The highest BCUT2D eigenvalue weighted by molar-refractivity contribution is 5.81. The maximum Gasteiger partial charge on any atom is 0.410 e. The molecular formula is C25H39FN4O3. The quantitative estimate of drug-likeness (QED) is 0.626. The van der Waals surface area contributed by atoms with Gasteiger partial charge in [0.25, 0.3) is 0 Å². The lowest BCUT2D eigenvalue weighted by Crippen LogP contribution is -2.50. The Morgan fingerprint density at radius 3 is 2.15 bits per heavy atom. The number of amides is 2. The van der Waals surface area contributed by atoms with Gasteiger partial charge in [0.05, 0.1) is 5.41 Å². The second-order valence-corrected chi connectivity index (χ2v) is 10.4. The molecule has 0 aromatic heterocycles. The van der Waals surface area contributed by atoms with Crippen LogP contribution in [0.5, 0.6) is 0 Å². The van der Waals surface area contributed by atoms with Gasteiger partial charge in [0.15, 0.2) is 0 Å². The number of unbranched alkanes of at least 4 members (excludes halogenated alkanes) is 1. The van der Waals surface area contributed by atoms with E-state index in [0.717, 1.165) is 57.7 Å². The van der Waals surface area contributed by atoms with E-state index in [-0.39, 0.29) is 17.8 Å². The van der Waals surface area contributed by atoms with Gasteiger partial charge in [-0.3, -0.25) is 9.69 Å². The largest absolute Gasteiger partial charge is 0.444 e. The topological polar surface area (TPSA) is 79.1 Å². The highest BCUT2D eigenvalue weighted by Crippen LogP contribution is 2.37. The van der Waals surface area contributed by atoms with Crippen LogP contribution in [-0.4, -0.2) is 73.2 Å². The first-order chi connectivity index (χ1) is 15.6. The maximum atomic E-state index is 13.1. The predicted molar refractivity (Wildman–Crippen MR) is 128 cm³/mol. The van der Waals surface area contributed by atoms with Crippen LogP contribution in [0.4, 0.5) is 14.9 Å². The fraction of sp³-hybridized carbons (Fsp3) is 0.680. The van der Waals surface area contributed by atoms with E-state index in [1.807, 2.05) is 32.9 Å². The number of likely N-dealkylation sites (tertiary alicyclic amines) is 1. The van der Waals surface area contributed by atoms with Gasteiger partial charge in [0, 0.05) is 45.0 Å². The van der Waals surface area contributed by atoms with Gasteiger partial charge in [-0.15, -0.1) is 0 Å². The lowest BCUT2D eigenvalue weighted by molar-refractivity contribution is -0.131. The molecule has 8 heteroatoms. The van der Waals surface area contributed by atoms with Crippen molar-refractivity contribution in [2.75, 3.05) is 50.7 Å². The number of hydrogen-bond acceptors (Lipinski definition) is 5. The Balaban J connectivity index is 1.39. The lowest BCUT2D eigenvalue weighted by atomic mass is 9.74. The number of hydrogen-bond donors (Lipinski definition) is 1. The molecule has 3 rings (SSSR count). The van der Waals surface area contributed by atoms with E-state index in [1.165, 1.54) is 12.1 Å². The van der Waals surface area contributed by atoms with Gasteiger partial charge in [-0.2, -0.15) is 0 Å². The average Bonchev–Trinajstić information content (AvgIpc) is 2.77. The molecule has 33 heavy (non-hydrogen) atoms. The van der Waals surface area contributed by atoms with Crippen LogP contribution >= 0.6 is 0 Å². The molecular weight excluding hydrogens is 423 g/mol. The molecule has 0 atom stereocenters. The van der Waals surface area contributed by atoms with Crippen molar-refractivity contribution in [1.29, 1.82) is 0 Å². The smallest absolute Gasteiger partial charge is 0.410 e. The molecule has 0 spiro atoms. The summed E-state index contributed by atoms with van der Waals surface area (Å²) in [4.78, 5) is 31.1. The van der Waals surface area contributed by atoms with E-state index in [4.69, 9.17) is 10.5 Å². The summed E-state index contributed by atoms with van der Waals surface area (Å²) in [5.74, 6) is -0.458. The monoisotopic (exact) mass is 462 g/mol. The van der Waals surface area contributed by atoms with E-state index >= 15 is 0 Å². The van der Waals surface area contributed by atoms with Gasteiger partial charge in [0.2, 0.25) is 5.91 Å². The minimum Gasteiger partial charge on any atom is -0.444 e. The zero-order valence-corrected chi connectivity index (χ0v) is 20.3. The molecule has 184 valence electrons. The molecule has 2 heterocycles. The minimum absolute atomic E-state index is 0.207. The van der Waals surface area contributed by atoms with Crippen molar-refractivity contribution < 1.29 is 18.7 Å². The molecule has 1 aromatic carbocycles. The summed E-state index contributed by atoms with van der Waals surface area (Å²) in [5.41, 5.74) is 5.83. The van der Waals surface area contributed by atoms with Gasteiger partial charge in [0.1, 0.15) is 11.4 Å². The van der Waals surface area contributed by atoms with Crippen LogP contribution in [0.1, 0.15) is 52.9 Å². The number of primary amides is 1. The lowest BCUT2D eigenvalue weighted by Gasteiger charge is -2.40. The normalized spacial score (nSPS) is 19.4. The first kappa shape index (κ1) is 25.3. The zero-order valence-electron chi connectivity index (χ0n) is 20.3. The molecule has 2 aliphatic heterocycles. The number of ether oxygens (including phenoxy) is 1. The van der Waals surface area contributed by atoms with Crippen LogP contribution in [0.2, 0.25) is 0 Å². The van der Waals surface area contributed by atoms with Crippen molar-refractivity contribution in [2.24, 2.45) is 11.1 Å². The highest BCUT2D eigenvalue weighted by Gasteiger charge is 2.41. The van der Waals surface area contributed by atoms with Crippen molar-refractivity contribution in [1.82, 2.24) is 9.80 Å². The van der Waals surface area contributed by atoms with Crippen LogP contribution in [0.3, 0.4) is 0 Å². The van der Waals surface area contributed by atoms with Gasteiger partial charge >= 0.3 is 6.09 Å². The molecule has 0 saturated carbocycles. The number of anilines is 1. The summed E-state index contributed by atoms with van der Waals surface area (Å²) in [6, 6.07) is 6.69. The van der Waals surface area contributed by atoms with Crippen LogP contribution in [-0.2, 0) is 9.53 Å². The summed E-state index contributed by atoms with van der Waals surface area (Å²) in [7, 11) is 0. The highest BCUT2D eigenvalue weighted by atomic mass is 19.1. The van der Waals surface area contributed by atoms with E-state index in [0.29, 0.717) is 25.9 Å². The third kappa shape index (κ3) is 7.06. The predicted octanol–water partition coefficient (Wildman–Crippen LogP) is 3.62. The molecule has 2 fully saturated rings. The molecule has 2 saturated heterocycles. The van der Waals surface area contributed by atoms with Crippen molar-refractivity contribution in [2.45, 2.75) is 58.5 Å². The summed E-state index contributed by atoms with van der Waals surface area (Å²) < 4.78 is 18.6. The molecule has 0 aliphatic carbocycles. The van der Waals surface area contributed by atoms with Gasteiger partial charge < -0.3 is 20.3 Å². The first-order valence-corrected chi connectivity index (χ1v) is 12.1. The van der Waals surface area contributed by atoms with Crippen molar-refractivity contribution in [3.05, 3.63) is 30.1 Å². The number of benzene rings is 1. The second-order valence-electron chi connectivity index (χ2n) is 10.4. The number of carbonyl (C=O) groups excluding carboxylic acids is 2. The maximum absolute atomic E-state index is 13.1. The van der Waals surface area contributed by atoms with Crippen molar-refractivity contribution in [3.63, 3.8) is 0 Å². The van der Waals surface area contributed by atoms with E-state index in [2.05, 4.69) is 9.80 Å². The Morgan fingerprint density at radius 1 is 1.00 bits per heavy atom. The van der Waals surface area contributed by atoms with Crippen LogP contribution in [0.15, 0.2) is 24.3 Å². The minimum atomic E-state index is -0.528. The van der Waals surface area contributed by atoms with Crippen molar-refractivity contribution >= 4 is 17.7 Å². The summed E-state index contributed by atoms with van der Waals surface area (Å²) in [6.07, 6.45) is 3.59. The second kappa shape index (κ2) is 10.7. The first-order valence-electron chi connectivity index (χ1n) is 12.1. The number of piperazine rings is 1. The average molecular weight is 463 g/mol. The summed E-state index contributed by atoms with van der Waals surface area (Å²) in [5, 5.41) is 0. The number of halogens is 1. The van der Waals surface area contributed by atoms with E-state index < -0.39 is 11.0 Å². The Kier molecular flexibility index (Phi) is 8.21. The summed E-state index contributed by atoms with van der Waals surface area (Å²) >= 11 is 0. The van der Waals surface area contributed by atoms with Crippen LogP contribution < -0.4 is 10.6 Å². The number of nitrogens with zero attached hydrogens (tertiary/aromatic N) is 3. The number of nitrogens with two attached hydrogens (primary N) is 1. The Hall–Kier alpha value is -2.35. The van der Waals surface area contributed by atoms with Crippen LogP contribution in [0.25, 0.3) is 0 Å². The van der Waals surface area contributed by atoms with Gasteiger partial charge in [-0.1, -0.05) is 6.42 Å². The van der Waals surface area contributed by atoms with Crippen LogP contribution in [0, 0.1) is 11.2 Å². The third-order valence-corrected chi connectivity index (χ3v) is 6.84. The van der Waals surface area contributed by atoms with E-state index in [9.17, 15) is 14.0 Å². The Labute approximate surface area is 197 Å². The fourth-order valence-corrected chi connectivity index (χ4v) is 4.74.